The van der Waals surface area contributed by atoms with Crippen LogP contribution in [-0.4, -0.2) is 29.1 Å². The molecule has 0 aromatic carbocycles. The maximum atomic E-state index is 12.0. The Bertz CT molecular complexity index is 563. The van der Waals surface area contributed by atoms with Crippen molar-refractivity contribution in [3.05, 3.63) is 46.8 Å². The lowest BCUT2D eigenvalue weighted by Crippen LogP contribution is -2.32. The van der Waals surface area contributed by atoms with Crippen LogP contribution in [0, 0.1) is 6.92 Å². The van der Waals surface area contributed by atoms with Crippen LogP contribution in [0.15, 0.2) is 40.8 Å². The van der Waals surface area contributed by atoms with E-state index >= 15 is 0 Å². The zero-order valence-corrected chi connectivity index (χ0v) is 12.2. The molecule has 2 aromatic rings. The van der Waals surface area contributed by atoms with Crippen molar-refractivity contribution in [2.75, 3.05) is 18.4 Å². The summed E-state index contributed by atoms with van der Waals surface area (Å²) < 4.78 is 4.96. The fraction of sp³-hybridized carbons (Fsp3) is 0.286. The van der Waals surface area contributed by atoms with Gasteiger partial charge in [0.15, 0.2) is 0 Å². The Morgan fingerprint density at radius 1 is 1.65 bits per heavy atom. The van der Waals surface area contributed by atoms with Gasteiger partial charge in [-0.1, -0.05) is 17.3 Å². The third kappa shape index (κ3) is 4.32. The summed E-state index contributed by atoms with van der Waals surface area (Å²) >= 11 is 1.68. The van der Waals surface area contributed by atoms with Crippen LogP contribution in [0.2, 0.25) is 0 Å². The van der Waals surface area contributed by atoms with Crippen LogP contribution in [0.1, 0.15) is 10.6 Å². The first-order chi connectivity index (χ1) is 9.67. The Kier molecular flexibility index (Phi) is 5.09. The first-order valence-corrected chi connectivity index (χ1v) is 7.14. The van der Waals surface area contributed by atoms with E-state index in [1.165, 1.54) is 4.88 Å². The van der Waals surface area contributed by atoms with Gasteiger partial charge in [-0.15, -0.1) is 17.9 Å². The fourth-order valence-corrected chi connectivity index (χ4v) is 2.54. The maximum Gasteiger partial charge on any atom is 0.240 e. The van der Waals surface area contributed by atoms with Crippen molar-refractivity contribution in [1.82, 2.24) is 10.1 Å². The molecule has 0 radical (unpaired) electrons. The summed E-state index contributed by atoms with van der Waals surface area (Å²) in [5, 5.41) is 8.45. The molecule has 0 aliphatic heterocycles. The standard InChI is InChI=1S/C14H17N3O2S/c1-3-6-17(9-12-5-4-7-20-12)10-13(18)15-14-8-11(2)16-19-14/h3-5,7-8H,1,6,9-10H2,2H3,(H,15,18). The van der Waals surface area contributed by atoms with E-state index in [4.69, 9.17) is 4.52 Å². The van der Waals surface area contributed by atoms with Gasteiger partial charge in [0.25, 0.3) is 0 Å². The molecule has 0 saturated heterocycles. The summed E-state index contributed by atoms with van der Waals surface area (Å²) in [6.07, 6.45) is 1.79. The quantitative estimate of drug-likeness (QED) is 0.797. The maximum absolute atomic E-state index is 12.0. The number of anilines is 1. The molecular formula is C14H17N3O2S. The van der Waals surface area contributed by atoms with Crippen LogP contribution >= 0.6 is 11.3 Å². The highest BCUT2D eigenvalue weighted by Crippen LogP contribution is 2.12. The van der Waals surface area contributed by atoms with Crippen LogP contribution in [0.25, 0.3) is 0 Å². The van der Waals surface area contributed by atoms with Gasteiger partial charge in [0.1, 0.15) is 0 Å². The SMILES string of the molecule is C=CCN(CC(=O)Nc1cc(C)no1)Cc1cccs1. The molecule has 0 unspecified atom stereocenters. The van der Waals surface area contributed by atoms with Gasteiger partial charge in [0.05, 0.1) is 12.2 Å². The van der Waals surface area contributed by atoms with E-state index in [1.54, 1.807) is 30.4 Å². The van der Waals surface area contributed by atoms with Crippen molar-refractivity contribution < 1.29 is 9.32 Å². The smallest absolute Gasteiger partial charge is 0.240 e. The topological polar surface area (TPSA) is 58.4 Å². The molecular weight excluding hydrogens is 274 g/mol. The number of carbonyl (C=O) groups is 1. The average molecular weight is 291 g/mol. The molecule has 2 rings (SSSR count). The van der Waals surface area contributed by atoms with Gasteiger partial charge in [0, 0.05) is 24.0 Å². The zero-order valence-electron chi connectivity index (χ0n) is 11.3. The zero-order chi connectivity index (χ0) is 14.4. The summed E-state index contributed by atoms with van der Waals surface area (Å²) in [7, 11) is 0. The van der Waals surface area contributed by atoms with E-state index in [0.717, 1.165) is 12.2 Å². The van der Waals surface area contributed by atoms with E-state index in [9.17, 15) is 4.79 Å². The van der Waals surface area contributed by atoms with E-state index in [0.29, 0.717) is 12.4 Å². The van der Waals surface area contributed by atoms with E-state index in [-0.39, 0.29) is 12.5 Å². The van der Waals surface area contributed by atoms with E-state index in [1.807, 2.05) is 16.3 Å². The second-order valence-electron chi connectivity index (χ2n) is 4.42. The largest absolute Gasteiger partial charge is 0.338 e. The second-order valence-corrected chi connectivity index (χ2v) is 5.45. The van der Waals surface area contributed by atoms with E-state index in [2.05, 4.69) is 23.1 Å². The van der Waals surface area contributed by atoms with Crippen LogP contribution in [-0.2, 0) is 11.3 Å². The summed E-state index contributed by atoms with van der Waals surface area (Å²) in [6.45, 7) is 7.20. The Morgan fingerprint density at radius 3 is 3.10 bits per heavy atom. The Hall–Kier alpha value is -1.92. The first-order valence-electron chi connectivity index (χ1n) is 6.26. The van der Waals surface area contributed by atoms with E-state index < -0.39 is 0 Å². The molecule has 20 heavy (non-hydrogen) atoms. The predicted molar refractivity (Wildman–Crippen MR) is 79.7 cm³/mol. The Labute approximate surface area is 121 Å². The minimum atomic E-state index is -0.125. The number of aromatic nitrogens is 1. The molecule has 106 valence electrons. The van der Waals surface area contributed by atoms with Crippen molar-refractivity contribution in [3.8, 4) is 0 Å². The number of amides is 1. The number of nitrogens with one attached hydrogen (secondary N) is 1. The molecule has 0 fully saturated rings. The lowest BCUT2D eigenvalue weighted by Gasteiger charge is -2.18. The Morgan fingerprint density at radius 2 is 2.50 bits per heavy atom. The number of thiophene rings is 1. The number of rotatable bonds is 7. The monoisotopic (exact) mass is 291 g/mol. The third-order valence-electron chi connectivity index (χ3n) is 2.60. The third-order valence-corrected chi connectivity index (χ3v) is 3.47. The van der Waals surface area contributed by atoms with Crippen molar-refractivity contribution in [2.45, 2.75) is 13.5 Å². The van der Waals surface area contributed by atoms with Crippen molar-refractivity contribution in [1.29, 1.82) is 0 Å². The highest BCUT2D eigenvalue weighted by molar-refractivity contribution is 7.09. The van der Waals surface area contributed by atoms with Crippen LogP contribution in [0.3, 0.4) is 0 Å². The molecule has 0 bridgehead atoms. The minimum absolute atomic E-state index is 0.125. The molecule has 0 atom stereocenters. The lowest BCUT2D eigenvalue weighted by molar-refractivity contribution is -0.117. The molecule has 2 heterocycles. The van der Waals surface area contributed by atoms with Crippen LogP contribution in [0.5, 0.6) is 0 Å². The number of hydrogen-bond donors (Lipinski definition) is 1. The average Bonchev–Trinajstić information content (AvgIpc) is 3.01. The highest BCUT2D eigenvalue weighted by Gasteiger charge is 2.12. The van der Waals surface area contributed by atoms with Gasteiger partial charge in [-0.05, 0) is 18.4 Å². The molecule has 1 amide bonds. The van der Waals surface area contributed by atoms with Gasteiger partial charge in [-0.25, -0.2) is 0 Å². The Balaban J connectivity index is 1.90. The van der Waals surface area contributed by atoms with Gasteiger partial charge < -0.3 is 4.52 Å². The van der Waals surface area contributed by atoms with Gasteiger partial charge in [0.2, 0.25) is 11.8 Å². The highest BCUT2D eigenvalue weighted by atomic mass is 32.1. The minimum Gasteiger partial charge on any atom is -0.338 e. The molecule has 0 saturated carbocycles. The molecule has 0 spiro atoms. The summed E-state index contributed by atoms with van der Waals surface area (Å²) in [5.41, 5.74) is 0.738. The van der Waals surface area contributed by atoms with Gasteiger partial charge >= 0.3 is 0 Å². The summed E-state index contributed by atoms with van der Waals surface area (Å²) in [4.78, 5) is 15.2. The number of carbonyl (C=O) groups excluding carboxylic acids is 1. The first kappa shape index (κ1) is 14.5. The number of hydrogen-bond acceptors (Lipinski definition) is 5. The molecule has 6 heteroatoms. The molecule has 0 aliphatic rings. The predicted octanol–water partition coefficient (Wildman–Crippen LogP) is 2.67. The normalized spacial score (nSPS) is 10.7. The van der Waals surface area contributed by atoms with Crippen molar-refractivity contribution >= 4 is 23.1 Å². The van der Waals surface area contributed by atoms with Gasteiger partial charge in [-0.2, -0.15) is 0 Å². The molecule has 2 aromatic heterocycles. The van der Waals surface area contributed by atoms with Crippen molar-refractivity contribution in [3.63, 3.8) is 0 Å². The van der Waals surface area contributed by atoms with Crippen LogP contribution < -0.4 is 5.32 Å². The van der Waals surface area contributed by atoms with Crippen molar-refractivity contribution in [2.24, 2.45) is 0 Å². The molecule has 5 nitrogen and oxygen atoms in total. The second kappa shape index (κ2) is 7.02. The summed E-state index contributed by atoms with van der Waals surface area (Å²) in [5.74, 6) is 0.252. The number of aryl methyl sites for hydroxylation is 1. The van der Waals surface area contributed by atoms with Crippen LogP contribution in [0.4, 0.5) is 5.88 Å². The molecule has 1 N–H and O–H groups in total. The fourth-order valence-electron chi connectivity index (χ4n) is 1.79. The lowest BCUT2D eigenvalue weighted by atomic mass is 10.3. The molecule has 0 aliphatic carbocycles. The summed E-state index contributed by atoms with van der Waals surface area (Å²) in [6, 6.07) is 5.75. The van der Waals surface area contributed by atoms with Gasteiger partial charge in [-0.3, -0.25) is 15.0 Å². The number of nitrogens with zero attached hydrogens (tertiary/aromatic N) is 2.